The van der Waals surface area contributed by atoms with Gasteiger partial charge in [-0.3, -0.25) is 42.0 Å². The molecule has 10 atom stereocenters. The lowest BCUT2D eigenvalue weighted by atomic mass is 10.1. The monoisotopic (exact) mass is 1250 g/mol. The quantitative estimate of drug-likeness (QED) is 0.0167. The third kappa shape index (κ3) is 15.0. The largest absolute Gasteiger partial charge is 0.695 e. The van der Waals surface area contributed by atoms with Crippen molar-refractivity contribution in [3.63, 3.8) is 0 Å². The van der Waals surface area contributed by atoms with Gasteiger partial charge in [-0.2, -0.15) is 0 Å². The van der Waals surface area contributed by atoms with Gasteiger partial charge >= 0.3 is 22.2 Å². The number of alkyl carbamates (subject to hydrolysis) is 1. The highest BCUT2D eigenvalue weighted by molar-refractivity contribution is 7.48. The molecule has 456 valence electrons. The Morgan fingerprint density at radius 3 is 2.39 bits per heavy atom. The van der Waals surface area contributed by atoms with Crippen molar-refractivity contribution in [2.45, 2.75) is 133 Å². The van der Waals surface area contributed by atoms with Crippen LogP contribution in [-0.4, -0.2) is 174 Å². The minimum absolute atomic E-state index is 0.0296. The molecule has 3 aliphatic heterocycles. The number of aliphatic hydroxyl groups is 1. The third-order valence-electron chi connectivity index (χ3n) is 14.7. The molecule has 3 amide bonds. The van der Waals surface area contributed by atoms with Gasteiger partial charge < -0.3 is 48.5 Å². The maximum atomic E-state index is 17.3. The second kappa shape index (κ2) is 27.3. The Hall–Kier alpha value is -5.82. The van der Waals surface area contributed by atoms with Crippen LogP contribution in [0.2, 0.25) is 43.8 Å². The Kier molecular flexibility index (Phi) is 20.8. The molecule has 0 spiro atoms. The van der Waals surface area contributed by atoms with E-state index in [1.54, 1.807) is 41.4 Å². The smallest absolute Gasteiger partial charge is 0.450 e. The van der Waals surface area contributed by atoms with Crippen molar-refractivity contribution in [1.29, 1.82) is 0 Å². The number of phosphoric acid groups is 1. The van der Waals surface area contributed by atoms with E-state index >= 15 is 4.39 Å². The van der Waals surface area contributed by atoms with E-state index in [-0.39, 0.29) is 62.3 Å². The summed E-state index contributed by atoms with van der Waals surface area (Å²) in [4.78, 5) is 84.8. The molecule has 2 unspecified atom stereocenters. The summed E-state index contributed by atoms with van der Waals surface area (Å²) in [6, 6.07) is 9.48. The lowest BCUT2D eigenvalue weighted by Crippen LogP contribution is -2.50. The van der Waals surface area contributed by atoms with Gasteiger partial charge in [0.25, 0.3) is 11.5 Å². The van der Waals surface area contributed by atoms with E-state index in [0.717, 1.165) is 6.04 Å². The van der Waals surface area contributed by atoms with E-state index in [1.165, 1.54) is 32.7 Å². The van der Waals surface area contributed by atoms with Gasteiger partial charge in [0, 0.05) is 30.9 Å². The zero-order valence-electron chi connectivity index (χ0n) is 47.8. The number of ether oxygens (including phenoxy) is 4. The molecule has 2 fully saturated rings. The van der Waals surface area contributed by atoms with Crippen LogP contribution in [0.25, 0.3) is 27.0 Å². The molecule has 0 aliphatic carbocycles. The number of nitrogens with one attached hydrogen (secondary N) is 2. The standard InChI is InChI=1S/C51H70FN11O17P2Si2/c1-51(2,3)84(8,9)80-41-35(77-49(42(41)78-81(69)70)63-30-57-39-45(63)58-29-60(47(39)67)19-21-72-31-59-36(65)24-54-50(68)73-22-23-83(5,6)7)27-75-82(71,74-20-17-53-4)79-40-34(26-64)76-48(38(40)52)62-25-33-16-13-18-61(43-37(33)44(62)56-28-55-43)46(66)32-14-11-10-12-15-32/h10-12,14-15,25,28-30,34-35,38,40-42,48-49,64H,13,16-24,26-27,31H2,1-3,5-9H3,(H2-,54,59,65,68,69,70)/p+1/t34-,35-,38-,40-,41-,42-,48-,49-,82?/m1/s1. The normalized spacial score (nSPS) is 22.8. The van der Waals surface area contributed by atoms with Crippen LogP contribution in [0, 0.1) is 6.57 Å². The van der Waals surface area contributed by atoms with Crippen LogP contribution < -0.4 is 21.1 Å². The van der Waals surface area contributed by atoms with E-state index in [4.69, 9.17) is 48.0 Å². The number of aromatic nitrogens is 7. The molecule has 4 aromatic heterocycles. The number of benzene rings is 1. The van der Waals surface area contributed by atoms with Gasteiger partial charge in [-0.25, -0.2) is 40.3 Å². The number of carbonyl (C=O) groups excluding carboxylic acids is 3. The van der Waals surface area contributed by atoms with Gasteiger partial charge in [-0.15, -0.1) is 9.42 Å². The average molecular weight is 1250 g/mol. The van der Waals surface area contributed by atoms with Crippen molar-refractivity contribution < 1.29 is 79.4 Å². The minimum atomic E-state index is -5.03. The lowest BCUT2D eigenvalue weighted by Gasteiger charge is -2.39. The molecular formula is C51H71FN11O17P2Si2+. The molecule has 84 heavy (non-hydrogen) atoms. The molecule has 2 saturated heterocycles. The van der Waals surface area contributed by atoms with Crippen LogP contribution in [0.4, 0.5) is 15.0 Å². The molecule has 0 radical (unpaired) electrons. The van der Waals surface area contributed by atoms with Crippen LogP contribution >= 0.6 is 16.1 Å². The first-order valence-electron chi connectivity index (χ1n) is 27.2. The van der Waals surface area contributed by atoms with Gasteiger partial charge in [0.1, 0.15) is 68.4 Å². The van der Waals surface area contributed by atoms with Gasteiger partial charge in [-0.05, 0) is 54.7 Å². The van der Waals surface area contributed by atoms with E-state index in [1.807, 2.05) is 33.9 Å². The van der Waals surface area contributed by atoms with Crippen molar-refractivity contribution in [1.82, 2.24) is 44.3 Å². The molecule has 3 aliphatic rings. The second-order valence-corrected chi connectivity index (χ2v) is 35.5. The van der Waals surface area contributed by atoms with Crippen molar-refractivity contribution >= 4 is 78.4 Å². The number of hydrogen-bond acceptors (Lipinski definition) is 20. The second-order valence-electron chi connectivity index (χ2n) is 22.8. The highest BCUT2D eigenvalue weighted by Gasteiger charge is 2.57. The lowest BCUT2D eigenvalue weighted by molar-refractivity contribution is -0.121. The number of halogens is 1. The predicted octanol–water partition coefficient (Wildman–Crippen LogP) is 5.78. The fraction of sp³-hybridized carbons (Fsp3) is 0.588. The Balaban J connectivity index is 0.997. The van der Waals surface area contributed by atoms with Gasteiger partial charge in [0.05, 0.1) is 44.7 Å². The number of aryl methyl sites for hydroxylation is 1. The van der Waals surface area contributed by atoms with E-state index in [9.17, 15) is 38.3 Å². The Morgan fingerprint density at radius 2 is 1.69 bits per heavy atom. The summed E-state index contributed by atoms with van der Waals surface area (Å²) < 4.78 is 102. The van der Waals surface area contributed by atoms with Crippen molar-refractivity contribution in [3.8, 4) is 0 Å². The molecule has 0 saturated carbocycles. The summed E-state index contributed by atoms with van der Waals surface area (Å²) in [6.45, 7) is 21.0. The summed E-state index contributed by atoms with van der Waals surface area (Å²) in [5, 5.41) is 15.5. The number of aliphatic hydroxyl groups excluding tert-OH is 1. The summed E-state index contributed by atoms with van der Waals surface area (Å²) in [7, 11) is -12.7. The van der Waals surface area contributed by atoms with Gasteiger partial charge in [0.2, 0.25) is 12.5 Å². The van der Waals surface area contributed by atoms with Crippen LogP contribution in [0.3, 0.4) is 0 Å². The Morgan fingerprint density at radius 1 is 0.940 bits per heavy atom. The topological polar surface area (TPSA) is 324 Å². The first-order valence-corrected chi connectivity index (χ1v) is 36.4. The first kappa shape index (κ1) is 64.2. The zero-order valence-corrected chi connectivity index (χ0v) is 51.6. The molecular weight excluding hydrogens is 1180 g/mol. The third-order valence-corrected chi connectivity index (χ3v) is 22.8. The summed E-state index contributed by atoms with van der Waals surface area (Å²) in [6.07, 6.45) is -6.91. The fourth-order valence-corrected chi connectivity index (χ4v) is 13.2. The van der Waals surface area contributed by atoms with Crippen molar-refractivity contribution in [2.75, 3.05) is 64.3 Å². The van der Waals surface area contributed by atoms with Gasteiger partial charge in [0.15, 0.2) is 44.2 Å². The summed E-state index contributed by atoms with van der Waals surface area (Å²) in [5.74, 6) is -0.506. The first-order chi connectivity index (χ1) is 39.8. The molecule has 8 rings (SSSR count). The molecule has 28 nitrogen and oxygen atoms in total. The zero-order chi connectivity index (χ0) is 60.7. The number of nitrogens with zero attached hydrogens (tertiary/aromatic N) is 9. The number of hydrogen-bond donors (Lipinski definition) is 4. The van der Waals surface area contributed by atoms with E-state index in [2.05, 4.69) is 55.1 Å². The van der Waals surface area contributed by atoms with Crippen LogP contribution in [0.15, 0.2) is 60.3 Å². The fourth-order valence-electron chi connectivity index (χ4n) is 9.32. The molecule has 0 bridgehead atoms. The Bertz CT molecular complexity index is 3320. The van der Waals surface area contributed by atoms with Crippen LogP contribution in [-0.2, 0) is 68.4 Å². The molecule has 33 heteroatoms. The van der Waals surface area contributed by atoms with E-state index in [0.29, 0.717) is 41.7 Å². The van der Waals surface area contributed by atoms with Gasteiger partial charge in [-0.1, -0.05) is 58.6 Å². The number of rotatable bonds is 26. The molecule has 1 aromatic carbocycles. The number of anilines is 1. The van der Waals surface area contributed by atoms with Crippen molar-refractivity contribution in [2.24, 2.45) is 0 Å². The van der Waals surface area contributed by atoms with Crippen molar-refractivity contribution in [3.05, 3.63) is 88.4 Å². The number of phosphoric ester groups is 1. The number of alkyl halides is 1. The number of fused-ring (bicyclic) bond motifs is 1. The number of imidazole rings is 1. The maximum Gasteiger partial charge on any atom is 0.695 e. The maximum absolute atomic E-state index is 17.3. The molecule has 4 N–H and O–H groups in total. The SMILES string of the molecule is [C-]#[N+]CCOP(=O)(OC[C@H]1O[C@@H](n2cnc3c(=O)n(CCOCNC(=O)CNC(=O)OCC[Si](C)(C)C)cnc32)[C@H](O[P+](=O)O)[C@@H]1O[Si](C)(C)C(C)(C)C)O[C@H]1[C@@H](F)[C@H](n2cc3c4c(ncnc42)N(C(=O)c2ccccc2)CCC3)O[C@@H]1CO. The van der Waals surface area contributed by atoms with E-state index < -0.39 is 124 Å². The molecule has 5 aromatic rings. The number of amides is 3. The Labute approximate surface area is 486 Å². The predicted molar refractivity (Wildman–Crippen MR) is 305 cm³/mol. The summed E-state index contributed by atoms with van der Waals surface area (Å²) in [5.41, 5.74) is 0.579. The average Bonchev–Trinajstić information content (AvgIpc) is 1.97. The summed E-state index contributed by atoms with van der Waals surface area (Å²) >= 11 is 0. The highest BCUT2D eigenvalue weighted by Crippen LogP contribution is 2.55. The number of carbonyl (C=O) groups is 3. The van der Waals surface area contributed by atoms with Crippen LogP contribution in [0.5, 0.6) is 0 Å². The minimum Gasteiger partial charge on any atom is -0.450 e. The van der Waals surface area contributed by atoms with Crippen LogP contribution in [0.1, 0.15) is 55.6 Å². The molecule has 7 heterocycles. The highest BCUT2D eigenvalue weighted by atomic mass is 31.2.